The molecule has 0 N–H and O–H groups in total. The summed E-state index contributed by atoms with van der Waals surface area (Å²) in [6.07, 6.45) is 0. The van der Waals surface area contributed by atoms with Gasteiger partial charge >= 0.3 is 5.97 Å². The number of pyridine rings is 1. The van der Waals surface area contributed by atoms with Gasteiger partial charge in [-0.25, -0.2) is 0 Å². The largest absolute Gasteiger partial charge is 0.465 e. The molecule has 0 amide bonds. The summed E-state index contributed by atoms with van der Waals surface area (Å²) in [6, 6.07) is 8.25. The average molecular weight is 343 g/mol. The van der Waals surface area contributed by atoms with Gasteiger partial charge in [-0.05, 0) is 37.0 Å². The molecule has 0 saturated carbocycles. The third kappa shape index (κ3) is 3.24. The van der Waals surface area contributed by atoms with Gasteiger partial charge in [-0.2, -0.15) is 0 Å². The third-order valence-corrected chi connectivity index (χ3v) is 4.69. The van der Waals surface area contributed by atoms with Crippen LogP contribution in [0, 0.1) is 19.8 Å². The van der Waals surface area contributed by atoms with E-state index in [9.17, 15) is 4.79 Å². The van der Waals surface area contributed by atoms with Crippen LogP contribution in [-0.2, 0) is 9.53 Å². The molecule has 5 nitrogen and oxygen atoms in total. The number of esters is 1. The second kappa shape index (κ2) is 6.81. The van der Waals surface area contributed by atoms with Crippen LogP contribution >= 0.6 is 11.8 Å². The molecule has 3 aromatic rings. The van der Waals surface area contributed by atoms with Crippen LogP contribution in [0.25, 0.3) is 16.6 Å². The van der Waals surface area contributed by atoms with Crippen LogP contribution in [0.3, 0.4) is 0 Å². The van der Waals surface area contributed by atoms with Crippen LogP contribution in [-0.4, -0.2) is 32.9 Å². The van der Waals surface area contributed by atoms with E-state index in [0.29, 0.717) is 17.7 Å². The molecular formula is C18H21N3O2S. The van der Waals surface area contributed by atoms with E-state index < -0.39 is 0 Å². The maximum absolute atomic E-state index is 11.9. The number of benzene rings is 1. The molecule has 2 aromatic heterocycles. The lowest BCUT2D eigenvalue weighted by Gasteiger charge is -2.10. The molecular weight excluding hydrogens is 322 g/mol. The predicted octanol–water partition coefficient (Wildman–Crippen LogP) is 3.79. The second-order valence-corrected chi connectivity index (χ2v) is 7.28. The molecule has 24 heavy (non-hydrogen) atoms. The minimum absolute atomic E-state index is 0.224. The monoisotopic (exact) mass is 343 g/mol. The number of para-hydroxylation sites is 1. The molecule has 0 saturated heterocycles. The van der Waals surface area contributed by atoms with Crippen molar-refractivity contribution in [3.8, 4) is 0 Å². The average Bonchev–Trinajstić information content (AvgIpc) is 2.94. The van der Waals surface area contributed by atoms with Crippen molar-refractivity contribution in [3.05, 3.63) is 35.4 Å². The lowest BCUT2D eigenvalue weighted by Crippen LogP contribution is -2.12. The number of hydrogen-bond acceptors (Lipinski definition) is 5. The van der Waals surface area contributed by atoms with Crippen molar-refractivity contribution in [3.63, 3.8) is 0 Å². The normalized spacial score (nSPS) is 11.5. The first-order valence-electron chi connectivity index (χ1n) is 8.00. The first-order valence-corrected chi connectivity index (χ1v) is 8.98. The summed E-state index contributed by atoms with van der Waals surface area (Å²) in [5.41, 5.74) is 4.22. The Hall–Kier alpha value is -2.08. The van der Waals surface area contributed by atoms with E-state index in [0.717, 1.165) is 16.7 Å². The summed E-state index contributed by atoms with van der Waals surface area (Å²) in [5, 5.41) is 10.4. The van der Waals surface area contributed by atoms with Crippen molar-refractivity contribution >= 4 is 34.3 Å². The van der Waals surface area contributed by atoms with E-state index in [2.05, 4.69) is 42.2 Å². The Bertz CT molecular complexity index is 902. The fourth-order valence-corrected chi connectivity index (χ4v) is 3.39. The molecule has 0 aliphatic carbocycles. The minimum Gasteiger partial charge on any atom is -0.465 e. The molecule has 0 atom stereocenters. The van der Waals surface area contributed by atoms with Crippen molar-refractivity contribution in [1.82, 2.24) is 14.6 Å². The number of hydrogen-bond donors (Lipinski definition) is 0. The Morgan fingerprint density at radius 1 is 1.25 bits per heavy atom. The Morgan fingerprint density at radius 3 is 2.79 bits per heavy atom. The molecule has 0 aliphatic heterocycles. The Morgan fingerprint density at radius 2 is 2.04 bits per heavy atom. The number of fused-ring (bicyclic) bond motifs is 3. The van der Waals surface area contributed by atoms with Crippen molar-refractivity contribution in [1.29, 1.82) is 0 Å². The predicted molar refractivity (Wildman–Crippen MR) is 96.5 cm³/mol. The van der Waals surface area contributed by atoms with E-state index in [4.69, 9.17) is 4.74 Å². The van der Waals surface area contributed by atoms with E-state index in [-0.39, 0.29) is 11.7 Å². The maximum atomic E-state index is 11.9. The molecule has 0 bridgehead atoms. The number of thioether (sulfide) groups is 1. The van der Waals surface area contributed by atoms with Crippen LogP contribution in [0.5, 0.6) is 0 Å². The SMILES string of the molecule is Cc1cc2nnc(SCC(=O)OCC(C)C)n2c2c(C)cccc12. The molecule has 6 heteroatoms. The van der Waals surface area contributed by atoms with E-state index in [1.54, 1.807) is 0 Å². The Labute approximate surface area is 145 Å². The zero-order valence-corrected chi connectivity index (χ0v) is 15.2. The van der Waals surface area contributed by atoms with Crippen LogP contribution in [0.1, 0.15) is 25.0 Å². The molecule has 0 radical (unpaired) electrons. The summed E-state index contributed by atoms with van der Waals surface area (Å²) in [6.45, 7) is 8.63. The highest BCUT2D eigenvalue weighted by Gasteiger charge is 2.15. The quantitative estimate of drug-likeness (QED) is 0.521. The van der Waals surface area contributed by atoms with Crippen molar-refractivity contribution in [2.75, 3.05) is 12.4 Å². The number of ether oxygens (including phenoxy) is 1. The van der Waals surface area contributed by atoms with Gasteiger partial charge in [0.1, 0.15) is 0 Å². The van der Waals surface area contributed by atoms with Crippen LogP contribution in [0.15, 0.2) is 29.4 Å². The Balaban J connectivity index is 1.94. The zero-order valence-electron chi connectivity index (χ0n) is 14.4. The third-order valence-electron chi connectivity index (χ3n) is 3.79. The van der Waals surface area contributed by atoms with Crippen molar-refractivity contribution in [2.45, 2.75) is 32.9 Å². The van der Waals surface area contributed by atoms with Gasteiger partial charge in [0.05, 0.1) is 17.9 Å². The maximum Gasteiger partial charge on any atom is 0.316 e. The Kier molecular flexibility index (Phi) is 4.76. The summed E-state index contributed by atoms with van der Waals surface area (Å²) < 4.78 is 7.25. The lowest BCUT2D eigenvalue weighted by atomic mass is 10.1. The van der Waals surface area contributed by atoms with Gasteiger partial charge in [-0.3, -0.25) is 9.20 Å². The number of aryl methyl sites for hydroxylation is 2. The van der Waals surface area contributed by atoms with E-state index >= 15 is 0 Å². The minimum atomic E-state index is -0.224. The molecule has 126 valence electrons. The number of rotatable bonds is 5. The number of carbonyl (C=O) groups excluding carboxylic acids is 1. The standard InChI is InChI=1S/C18H21N3O2S/c1-11(2)9-23-16(22)10-24-18-20-19-15-8-13(4)14-7-5-6-12(3)17(14)21(15)18/h5-8,11H,9-10H2,1-4H3. The highest BCUT2D eigenvalue weighted by Crippen LogP contribution is 2.27. The fourth-order valence-electron chi connectivity index (χ4n) is 2.65. The lowest BCUT2D eigenvalue weighted by molar-refractivity contribution is -0.141. The smallest absolute Gasteiger partial charge is 0.316 e. The highest BCUT2D eigenvalue weighted by molar-refractivity contribution is 7.99. The molecule has 2 heterocycles. The number of aromatic nitrogens is 3. The number of carbonyl (C=O) groups is 1. The van der Waals surface area contributed by atoms with Gasteiger partial charge < -0.3 is 4.74 Å². The van der Waals surface area contributed by atoms with Crippen molar-refractivity contribution in [2.24, 2.45) is 5.92 Å². The van der Waals surface area contributed by atoms with Gasteiger partial charge in [0.2, 0.25) is 0 Å². The summed E-state index contributed by atoms with van der Waals surface area (Å²) in [7, 11) is 0. The summed E-state index contributed by atoms with van der Waals surface area (Å²) in [4.78, 5) is 11.9. The molecule has 0 fully saturated rings. The molecule has 1 aromatic carbocycles. The topological polar surface area (TPSA) is 56.5 Å². The molecule has 0 unspecified atom stereocenters. The summed E-state index contributed by atoms with van der Waals surface area (Å²) >= 11 is 1.36. The van der Waals surface area contributed by atoms with E-state index in [1.165, 1.54) is 22.7 Å². The summed E-state index contributed by atoms with van der Waals surface area (Å²) in [5.74, 6) is 0.343. The first kappa shape index (κ1) is 16.8. The first-order chi connectivity index (χ1) is 11.5. The van der Waals surface area contributed by atoms with Gasteiger partial charge in [-0.15, -0.1) is 10.2 Å². The zero-order chi connectivity index (χ0) is 17.3. The number of nitrogens with zero attached hydrogens (tertiary/aromatic N) is 3. The van der Waals surface area contributed by atoms with Crippen LogP contribution in [0.4, 0.5) is 0 Å². The fraction of sp³-hybridized carbons (Fsp3) is 0.389. The molecule has 0 aliphatic rings. The molecule has 0 spiro atoms. The van der Waals surface area contributed by atoms with E-state index in [1.807, 2.05) is 24.3 Å². The van der Waals surface area contributed by atoms with Crippen LogP contribution in [0.2, 0.25) is 0 Å². The highest BCUT2D eigenvalue weighted by atomic mass is 32.2. The van der Waals surface area contributed by atoms with Gasteiger partial charge in [-0.1, -0.05) is 43.8 Å². The van der Waals surface area contributed by atoms with Gasteiger partial charge in [0.15, 0.2) is 10.8 Å². The van der Waals surface area contributed by atoms with Crippen LogP contribution < -0.4 is 0 Å². The second-order valence-electron chi connectivity index (χ2n) is 6.34. The van der Waals surface area contributed by atoms with Crippen molar-refractivity contribution < 1.29 is 9.53 Å². The molecule has 3 rings (SSSR count). The van der Waals surface area contributed by atoms with Gasteiger partial charge in [0, 0.05) is 5.39 Å². The van der Waals surface area contributed by atoms with Gasteiger partial charge in [0.25, 0.3) is 0 Å².